The van der Waals surface area contributed by atoms with Crippen molar-refractivity contribution in [3.05, 3.63) is 0 Å². The van der Waals surface area contributed by atoms with E-state index in [0.717, 1.165) is 19.3 Å². The van der Waals surface area contributed by atoms with E-state index in [0.29, 0.717) is 6.42 Å². The molecule has 0 aliphatic carbocycles. The summed E-state index contributed by atoms with van der Waals surface area (Å²) in [6, 6.07) is 0. The van der Waals surface area contributed by atoms with Gasteiger partial charge in [-0.3, -0.25) is 14.4 Å². The third kappa shape index (κ3) is 24.8. The van der Waals surface area contributed by atoms with E-state index in [4.69, 9.17) is 9.47 Å². The number of esters is 2. The van der Waals surface area contributed by atoms with Gasteiger partial charge in [0.05, 0.1) is 0 Å². The van der Waals surface area contributed by atoms with Gasteiger partial charge in [0, 0.05) is 13.3 Å². The lowest BCUT2D eigenvalue weighted by Gasteiger charge is -2.12. The number of amides is 1. The van der Waals surface area contributed by atoms with Crippen LogP contribution in [-0.4, -0.2) is 48.8 Å². The number of aliphatic hydroxyl groups excluding tert-OH is 1. The van der Waals surface area contributed by atoms with Crippen LogP contribution in [0, 0.1) is 0 Å². The number of aliphatic hydroxyl groups is 1. The van der Waals surface area contributed by atoms with Gasteiger partial charge >= 0.3 is 11.9 Å². The second kappa shape index (κ2) is 23.5. The van der Waals surface area contributed by atoms with Crippen LogP contribution in [0.25, 0.3) is 0 Å². The third-order valence-corrected chi connectivity index (χ3v) is 5.59. The number of hydrogen-bond acceptors (Lipinski definition) is 6. The van der Waals surface area contributed by atoms with Gasteiger partial charge in [-0.15, -0.1) is 0 Å². The molecule has 194 valence electrons. The van der Waals surface area contributed by atoms with Gasteiger partial charge in [0.15, 0.2) is 0 Å². The van der Waals surface area contributed by atoms with Gasteiger partial charge in [-0.2, -0.15) is 0 Å². The molecule has 33 heavy (non-hydrogen) atoms. The molecule has 0 aromatic carbocycles. The molecule has 1 amide bonds. The standard InChI is InChI=1S/C26H49NO6/c1-3-4-5-6-7-8-9-10-11-12-13-14-15-16-17-18-19-25(30)32-21-24(29)22-33-26(31)20-27-23(2)28/h24,29H,3-22H2,1-2H3,(H,27,28). The zero-order valence-electron chi connectivity index (χ0n) is 21.2. The highest BCUT2D eigenvalue weighted by Crippen LogP contribution is 2.14. The molecule has 1 atom stereocenters. The summed E-state index contributed by atoms with van der Waals surface area (Å²) in [4.78, 5) is 33.7. The lowest BCUT2D eigenvalue weighted by Crippen LogP contribution is -2.31. The monoisotopic (exact) mass is 471 g/mol. The smallest absolute Gasteiger partial charge is 0.325 e. The van der Waals surface area contributed by atoms with E-state index >= 15 is 0 Å². The maximum atomic E-state index is 11.7. The maximum Gasteiger partial charge on any atom is 0.325 e. The van der Waals surface area contributed by atoms with Gasteiger partial charge in [-0.25, -0.2) is 0 Å². The normalized spacial score (nSPS) is 11.7. The van der Waals surface area contributed by atoms with E-state index in [-0.39, 0.29) is 31.6 Å². The van der Waals surface area contributed by atoms with Crippen molar-refractivity contribution in [2.24, 2.45) is 0 Å². The van der Waals surface area contributed by atoms with Gasteiger partial charge in [0.2, 0.25) is 5.91 Å². The average molecular weight is 472 g/mol. The SMILES string of the molecule is CCCCCCCCCCCCCCCCCCC(=O)OCC(O)COC(=O)CNC(C)=O. The van der Waals surface area contributed by atoms with Crippen molar-refractivity contribution >= 4 is 17.8 Å². The molecule has 7 heteroatoms. The molecule has 0 fully saturated rings. The van der Waals surface area contributed by atoms with Gasteiger partial charge < -0.3 is 19.9 Å². The molecule has 0 aromatic heterocycles. The summed E-state index contributed by atoms with van der Waals surface area (Å²) in [7, 11) is 0. The Kier molecular flexibility index (Phi) is 22.4. The first-order chi connectivity index (χ1) is 16.0. The summed E-state index contributed by atoms with van der Waals surface area (Å²) in [5.74, 6) is -1.33. The Morgan fingerprint density at radius 2 is 1.06 bits per heavy atom. The van der Waals surface area contributed by atoms with Gasteiger partial charge in [-0.05, 0) is 6.42 Å². The van der Waals surface area contributed by atoms with Crippen LogP contribution in [0.1, 0.15) is 123 Å². The Labute approximate surface area is 201 Å². The predicted molar refractivity (Wildman–Crippen MR) is 131 cm³/mol. The fourth-order valence-corrected chi connectivity index (χ4v) is 3.56. The van der Waals surface area contributed by atoms with Crippen LogP contribution in [-0.2, 0) is 23.9 Å². The molecule has 0 saturated carbocycles. The number of carbonyl (C=O) groups is 3. The van der Waals surface area contributed by atoms with Gasteiger partial charge in [0.25, 0.3) is 0 Å². The molecule has 7 nitrogen and oxygen atoms in total. The van der Waals surface area contributed by atoms with Crippen molar-refractivity contribution in [2.75, 3.05) is 19.8 Å². The minimum absolute atomic E-state index is 0.203. The second-order valence-electron chi connectivity index (χ2n) is 8.98. The lowest BCUT2D eigenvalue weighted by molar-refractivity contribution is -0.152. The fourth-order valence-electron chi connectivity index (χ4n) is 3.56. The van der Waals surface area contributed by atoms with Crippen LogP contribution >= 0.6 is 0 Å². The molecule has 0 bridgehead atoms. The maximum absolute atomic E-state index is 11.7. The van der Waals surface area contributed by atoms with Crippen LogP contribution < -0.4 is 5.32 Å². The number of ether oxygens (including phenoxy) is 2. The first-order valence-electron chi connectivity index (χ1n) is 13.2. The Morgan fingerprint density at radius 1 is 0.667 bits per heavy atom. The fraction of sp³-hybridized carbons (Fsp3) is 0.885. The van der Waals surface area contributed by atoms with Crippen molar-refractivity contribution < 1.29 is 29.0 Å². The third-order valence-electron chi connectivity index (χ3n) is 5.59. The summed E-state index contributed by atoms with van der Waals surface area (Å²) in [6.07, 6.45) is 19.8. The first kappa shape index (κ1) is 31.4. The Balaban J connectivity index is 3.35. The summed E-state index contributed by atoms with van der Waals surface area (Å²) >= 11 is 0. The Morgan fingerprint density at radius 3 is 1.48 bits per heavy atom. The summed E-state index contributed by atoms with van der Waals surface area (Å²) in [5.41, 5.74) is 0. The van der Waals surface area contributed by atoms with Crippen molar-refractivity contribution in [1.82, 2.24) is 5.32 Å². The van der Waals surface area contributed by atoms with Gasteiger partial charge in [-0.1, -0.05) is 103 Å². The molecule has 0 aliphatic heterocycles. The molecule has 0 rings (SSSR count). The van der Waals surface area contributed by atoms with Crippen LogP contribution in [0.5, 0.6) is 0 Å². The topological polar surface area (TPSA) is 102 Å². The van der Waals surface area contributed by atoms with Crippen molar-refractivity contribution in [1.29, 1.82) is 0 Å². The zero-order valence-corrected chi connectivity index (χ0v) is 21.2. The minimum atomic E-state index is -1.07. The Hall–Kier alpha value is -1.63. The van der Waals surface area contributed by atoms with E-state index in [9.17, 15) is 19.5 Å². The molecule has 0 aromatic rings. The van der Waals surface area contributed by atoms with E-state index in [1.54, 1.807) is 0 Å². The summed E-state index contributed by atoms with van der Waals surface area (Å²) in [5, 5.41) is 12.0. The molecule has 0 heterocycles. The Bertz CT molecular complexity index is 497. The van der Waals surface area contributed by atoms with Gasteiger partial charge in [0.1, 0.15) is 25.9 Å². The van der Waals surface area contributed by atoms with Crippen LogP contribution in [0.4, 0.5) is 0 Å². The highest BCUT2D eigenvalue weighted by atomic mass is 16.6. The molecule has 2 N–H and O–H groups in total. The van der Waals surface area contributed by atoms with E-state index < -0.39 is 12.1 Å². The van der Waals surface area contributed by atoms with Crippen LogP contribution in [0.15, 0.2) is 0 Å². The molecule has 0 radical (unpaired) electrons. The highest BCUT2D eigenvalue weighted by molar-refractivity contribution is 5.80. The zero-order chi connectivity index (χ0) is 24.6. The number of rotatable bonds is 23. The van der Waals surface area contributed by atoms with Crippen LogP contribution in [0.2, 0.25) is 0 Å². The van der Waals surface area contributed by atoms with E-state index in [1.807, 2.05) is 0 Å². The quantitative estimate of drug-likeness (QED) is 0.156. The molecule has 0 aliphatic rings. The van der Waals surface area contributed by atoms with Crippen LogP contribution in [0.3, 0.4) is 0 Å². The van der Waals surface area contributed by atoms with Crippen molar-refractivity contribution in [3.63, 3.8) is 0 Å². The number of unbranched alkanes of at least 4 members (excludes halogenated alkanes) is 15. The minimum Gasteiger partial charge on any atom is -0.463 e. The second-order valence-corrected chi connectivity index (χ2v) is 8.98. The predicted octanol–water partition coefficient (Wildman–Crippen LogP) is 5.22. The molecule has 0 saturated heterocycles. The number of hydrogen-bond donors (Lipinski definition) is 2. The summed E-state index contributed by atoms with van der Waals surface area (Å²) < 4.78 is 9.79. The van der Waals surface area contributed by atoms with E-state index in [1.165, 1.54) is 90.4 Å². The largest absolute Gasteiger partial charge is 0.463 e. The number of carbonyl (C=O) groups excluding carboxylic acids is 3. The van der Waals surface area contributed by atoms with Crippen molar-refractivity contribution in [2.45, 2.75) is 129 Å². The summed E-state index contributed by atoms with van der Waals surface area (Å²) in [6.45, 7) is 2.83. The van der Waals surface area contributed by atoms with E-state index in [2.05, 4.69) is 12.2 Å². The lowest BCUT2D eigenvalue weighted by atomic mass is 10.0. The molecule has 1 unspecified atom stereocenters. The molecular formula is C26H49NO6. The average Bonchev–Trinajstić information content (AvgIpc) is 2.79. The number of nitrogens with one attached hydrogen (secondary N) is 1. The highest BCUT2D eigenvalue weighted by Gasteiger charge is 2.12. The molecule has 0 spiro atoms. The molecular weight excluding hydrogens is 422 g/mol. The van der Waals surface area contributed by atoms with Crippen molar-refractivity contribution in [3.8, 4) is 0 Å². The first-order valence-corrected chi connectivity index (χ1v) is 13.2.